The van der Waals surface area contributed by atoms with Crippen molar-refractivity contribution in [3.05, 3.63) is 53.1 Å². The fourth-order valence-corrected chi connectivity index (χ4v) is 7.04. The number of hydrogen-bond donors (Lipinski definition) is 2. The molecule has 1 aromatic carbocycles. The Kier molecular flexibility index (Phi) is 4.51. The van der Waals surface area contributed by atoms with Gasteiger partial charge in [0.05, 0.1) is 6.10 Å². The van der Waals surface area contributed by atoms with Gasteiger partial charge in [-0.3, -0.25) is 4.79 Å². The number of allylic oxidation sites excluding steroid dienone is 1. The van der Waals surface area contributed by atoms with Crippen LogP contribution in [-0.2, 0) is 4.79 Å². The number of rotatable bonds is 1. The maximum atomic E-state index is 12.9. The van der Waals surface area contributed by atoms with Gasteiger partial charge in [0.15, 0.2) is 0 Å². The molecule has 6 unspecified atom stereocenters. The third-order valence-corrected chi connectivity index (χ3v) is 8.74. The molecule has 2 N–H and O–H groups in total. The second-order valence-corrected chi connectivity index (χ2v) is 10.4. The van der Waals surface area contributed by atoms with Crippen molar-refractivity contribution in [2.45, 2.75) is 70.4 Å². The minimum Gasteiger partial charge on any atom is -0.393 e. The first-order valence-electron chi connectivity index (χ1n) is 11.3. The first-order chi connectivity index (χ1) is 13.9. The van der Waals surface area contributed by atoms with Crippen LogP contribution in [0.5, 0.6) is 0 Å². The molecule has 6 atom stereocenters. The standard InChI is InChI=1S/C26H33NO2/c1-25-12-10-20(28)16-19(25)8-9-21-22(25)11-13-26(2)23(21)15-18(24(29)27-26)14-17-6-4-3-5-7-17/h3-8,14,20-23,28H,9-13,15-16H2,1-2H3,(H,27,29)/b18-14-. The molecule has 0 bridgehead atoms. The second kappa shape index (κ2) is 6.84. The topological polar surface area (TPSA) is 49.3 Å². The Morgan fingerprint density at radius 2 is 1.86 bits per heavy atom. The zero-order chi connectivity index (χ0) is 20.2. The Hall–Kier alpha value is -1.87. The Morgan fingerprint density at radius 1 is 1.07 bits per heavy atom. The first kappa shape index (κ1) is 19.1. The van der Waals surface area contributed by atoms with Crippen molar-refractivity contribution in [3.8, 4) is 0 Å². The van der Waals surface area contributed by atoms with E-state index in [2.05, 4.69) is 43.4 Å². The summed E-state index contributed by atoms with van der Waals surface area (Å²) in [5, 5.41) is 13.6. The van der Waals surface area contributed by atoms with Crippen LogP contribution in [0.25, 0.3) is 6.08 Å². The quantitative estimate of drug-likeness (QED) is 0.530. The normalized spacial score (nSPS) is 42.9. The molecule has 3 nitrogen and oxygen atoms in total. The van der Waals surface area contributed by atoms with E-state index in [9.17, 15) is 9.90 Å². The summed E-state index contributed by atoms with van der Waals surface area (Å²) in [5.41, 5.74) is 3.67. The van der Waals surface area contributed by atoms with Crippen LogP contribution in [0.2, 0.25) is 0 Å². The summed E-state index contributed by atoms with van der Waals surface area (Å²) in [6.07, 6.45) is 11.5. The van der Waals surface area contributed by atoms with Crippen molar-refractivity contribution in [2.24, 2.45) is 23.2 Å². The average Bonchev–Trinajstić information content (AvgIpc) is 2.70. The first-order valence-corrected chi connectivity index (χ1v) is 11.3. The molecule has 154 valence electrons. The van der Waals surface area contributed by atoms with E-state index in [1.807, 2.05) is 18.2 Å². The number of amides is 1. The SMILES string of the molecule is CC12CCC3C(CC=C4CC(O)CCC43C)C1C/C(=C/c1ccccc1)C(=O)N2. The number of carbonyl (C=O) groups is 1. The average molecular weight is 392 g/mol. The number of hydrogen-bond acceptors (Lipinski definition) is 2. The number of nitrogens with one attached hydrogen (secondary N) is 1. The predicted molar refractivity (Wildman–Crippen MR) is 116 cm³/mol. The molecule has 3 heteroatoms. The zero-order valence-electron chi connectivity index (χ0n) is 17.7. The second-order valence-electron chi connectivity index (χ2n) is 10.4. The van der Waals surface area contributed by atoms with Crippen LogP contribution >= 0.6 is 0 Å². The maximum absolute atomic E-state index is 12.9. The molecular weight excluding hydrogens is 358 g/mol. The number of fused-ring (bicyclic) bond motifs is 5. The third-order valence-electron chi connectivity index (χ3n) is 8.74. The Balaban J connectivity index is 1.47. The van der Waals surface area contributed by atoms with Gasteiger partial charge in [0.1, 0.15) is 0 Å². The molecule has 3 fully saturated rings. The van der Waals surface area contributed by atoms with Crippen LogP contribution in [0.3, 0.4) is 0 Å². The van der Waals surface area contributed by atoms with Crippen LogP contribution < -0.4 is 5.32 Å². The summed E-state index contributed by atoms with van der Waals surface area (Å²) in [4.78, 5) is 12.9. The highest BCUT2D eigenvalue weighted by Crippen LogP contribution is 2.60. The molecule has 1 amide bonds. The van der Waals surface area contributed by atoms with Gasteiger partial charge in [-0.2, -0.15) is 0 Å². The molecule has 1 heterocycles. The summed E-state index contributed by atoms with van der Waals surface area (Å²) in [6.45, 7) is 4.73. The zero-order valence-corrected chi connectivity index (χ0v) is 17.7. The molecule has 0 spiro atoms. The molecule has 1 saturated heterocycles. The van der Waals surface area contributed by atoms with Gasteiger partial charge in [0.2, 0.25) is 5.91 Å². The van der Waals surface area contributed by atoms with Crippen molar-refractivity contribution in [2.75, 3.05) is 0 Å². The van der Waals surface area contributed by atoms with Gasteiger partial charge in [-0.05, 0) is 86.7 Å². The third kappa shape index (κ3) is 3.09. The number of benzene rings is 1. The lowest BCUT2D eigenvalue weighted by molar-refractivity contribution is -0.125. The van der Waals surface area contributed by atoms with Gasteiger partial charge in [0, 0.05) is 11.1 Å². The summed E-state index contributed by atoms with van der Waals surface area (Å²) in [7, 11) is 0. The summed E-state index contributed by atoms with van der Waals surface area (Å²) >= 11 is 0. The van der Waals surface area contributed by atoms with Crippen LogP contribution in [0, 0.1) is 23.2 Å². The number of aliphatic hydroxyl groups is 1. The van der Waals surface area contributed by atoms with Crippen LogP contribution in [-0.4, -0.2) is 22.7 Å². The van der Waals surface area contributed by atoms with E-state index in [-0.39, 0.29) is 23.0 Å². The van der Waals surface area contributed by atoms with Crippen LogP contribution in [0.4, 0.5) is 0 Å². The van der Waals surface area contributed by atoms with Gasteiger partial charge < -0.3 is 10.4 Å². The van der Waals surface area contributed by atoms with E-state index < -0.39 is 0 Å². The lowest BCUT2D eigenvalue weighted by Gasteiger charge is -2.59. The molecule has 0 aromatic heterocycles. The predicted octanol–water partition coefficient (Wildman–Crippen LogP) is 4.87. The van der Waals surface area contributed by atoms with Gasteiger partial charge in [-0.25, -0.2) is 0 Å². The molecule has 29 heavy (non-hydrogen) atoms. The van der Waals surface area contributed by atoms with Gasteiger partial charge >= 0.3 is 0 Å². The lowest BCUT2D eigenvalue weighted by atomic mass is 9.48. The molecule has 1 aromatic rings. The van der Waals surface area contributed by atoms with Crippen molar-refractivity contribution >= 4 is 12.0 Å². The highest BCUT2D eigenvalue weighted by molar-refractivity contribution is 5.99. The molecule has 1 aliphatic heterocycles. The summed E-state index contributed by atoms with van der Waals surface area (Å²) in [5.74, 6) is 1.87. The number of aliphatic hydroxyl groups excluding tert-OH is 1. The van der Waals surface area contributed by atoms with Crippen molar-refractivity contribution in [1.29, 1.82) is 0 Å². The Morgan fingerprint density at radius 3 is 2.66 bits per heavy atom. The number of piperidine rings is 1. The van der Waals surface area contributed by atoms with Crippen molar-refractivity contribution in [3.63, 3.8) is 0 Å². The monoisotopic (exact) mass is 391 g/mol. The fraction of sp³-hybridized carbons (Fsp3) is 0.577. The van der Waals surface area contributed by atoms with Crippen LogP contribution in [0.1, 0.15) is 64.4 Å². The molecular formula is C26H33NO2. The van der Waals surface area contributed by atoms with Crippen molar-refractivity contribution < 1.29 is 9.90 Å². The summed E-state index contributed by atoms with van der Waals surface area (Å²) in [6, 6.07) is 10.2. The molecule has 0 radical (unpaired) electrons. The molecule has 3 aliphatic carbocycles. The largest absolute Gasteiger partial charge is 0.393 e. The van der Waals surface area contributed by atoms with E-state index in [4.69, 9.17) is 0 Å². The summed E-state index contributed by atoms with van der Waals surface area (Å²) < 4.78 is 0. The Labute approximate surface area is 174 Å². The van der Waals surface area contributed by atoms with E-state index in [0.29, 0.717) is 17.8 Å². The van der Waals surface area contributed by atoms with Crippen molar-refractivity contribution in [1.82, 2.24) is 5.32 Å². The highest BCUT2D eigenvalue weighted by Gasteiger charge is 2.56. The minimum absolute atomic E-state index is 0.0951. The van der Waals surface area contributed by atoms with Gasteiger partial charge in [-0.15, -0.1) is 0 Å². The van der Waals surface area contributed by atoms with E-state index in [1.165, 1.54) is 12.0 Å². The van der Waals surface area contributed by atoms with Gasteiger partial charge in [-0.1, -0.05) is 48.9 Å². The van der Waals surface area contributed by atoms with Gasteiger partial charge in [0.25, 0.3) is 0 Å². The molecule has 5 rings (SSSR count). The lowest BCUT2D eigenvalue weighted by Crippen LogP contribution is -2.63. The van der Waals surface area contributed by atoms with E-state index >= 15 is 0 Å². The van der Waals surface area contributed by atoms with E-state index in [0.717, 1.165) is 49.7 Å². The number of carbonyl (C=O) groups excluding carboxylic acids is 1. The molecule has 2 saturated carbocycles. The maximum Gasteiger partial charge on any atom is 0.247 e. The van der Waals surface area contributed by atoms with Crippen LogP contribution in [0.15, 0.2) is 47.6 Å². The minimum atomic E-state index is -0.158. The van der Waals surface area contributed by atoms with E-state index in [1.54, 1.807) is 0 Å². The fourth-order valence-electron chi connectivity index (χ4n) is 7.04. The molecule has 4 aliphatic rings. The Bertz CT molecular complexity index is 872. The highest BCUT2D eigenvalue weighted by atomic mass is 16.3. The smallest absolute Gasteiger partial charge is 0.247 e.